The number of aliphatic hydroxyl groups excluding tert-OH is 1. The average molecular weight is 228 g/mol. The summed E-state index contributed by atoms with van der Waals surface area (Å²) in [5, 5.41) is 10.0. The van der Waals surface area contributed by atoms with Crippen LogP contribution in [0.15, 0.2) is 54.6 Å². The average Bonchev–Trinajstić information content (AvgIpc) is 3.14. The number of carbonyl (C=O) groups is 1. The first-order valence-electron chi connectivity index (χ1n) is 5.55. The molecular weight excluding hydrogens is 216 g/mol. The lowest BCUT2D eigenvalue weighted by atomic mass is 9.90. The molecule has 1 aromatic rings. The number of benzene rings is 1. The van der Waals surface area contributed by atoms with E-state index in [4.69, 9.17) is 4.74 Å². The van der Waals surface area contributed by atoms with Gasteiger partial charge in [-0.2, -0.15) is 0 Å². The maximum Gasteiger partial charge on any atom is 0.204 e. The predicted molar refractivity (Wildman–Crippen MR) is 62.3 cm³/mol. The third-order valence-electron chi connectivity index (χ3n) is 3.18. The molecule has 1 fully saturated rings. The number of Topliss-reactive ketones (excluding diaryl/α,β-unsaturated/α-hetero) is 1. The Morgan fingerprint density at radius 2 is 2.06 bits per heavy atom. The lowest BCUT2D eigenvalue weighted by Crippen LogP contribution is -2.31. The summed E-state index contributed by atoms with van der Waals surface area (Å²) < 4.78 is 5.39. The standard InChI is InChI=1S/C14H12O3/c15-12(10-6-2-1-3-7-10)13(16)14-9-5-4-8-11(14)17-14/h1-9,11-12,15H. The lowest BCUT2D eigenvalue weighted by molar-refractivity contribution is -0.131. The van der Waals surface area contributed by atoms with Gasteiger partial charge in [-0.1, -0.05) is 48.6 Å². The minimum Gasteiger partial charge on any atom is -0.380 e. The highest BCUT2D eigenvalue weighted by atomic mass is 16.6. The fourth-order valence-electron chi connectivity index (χ4n) is 2.14. The number of ether oxygens (including phenoxy) is 1. The molecule has 1 aliphatic carbocycles. The zero-order chi connectivity index (χ0) is 11.9. The maximum absolute atomic E-state index is 12.2. The van der Waals surface area contributed by atoms with E-state index < -0.39 is 11.7 Å². The second-order valence-corrected chi connectivity index (χ2v) is 4.25. The van der Waals surface area contributed by atoms with Crippen LogP contribution in [0, 0.1) is 0 Å². The minimum atomic E-state index is -1.13. The highest BCUT2D eigenvalue weighted by molar-refractivity contribution is 5.97. The Morgan fingerprint density at radius 3 is 2.76 bits per heavy atom. The highest BCUT2D eigenvalue weighted by Gasteiger charge is 2.61. The Kier molecular flexibility index (Phi) is 2.24. The number of fused-ring (bicyclic) bond motifs is 1. The molecule has 3 rings (SSSR count). The summed E-state index contributed by atoms with van der Waals surface area (Å²) in [5.41, 5.74) is -0.326. The molecule has 0 aromatic heterocycles. The van der Waals surface area contributed by atoms with Crippen molar-refractivity contribution in [2.24, 2.45) is 0 Å². The smallest absolute Gasteiger partial charge is 0.204 e. The van der Waals surface area contributed by atoms with Crippen LogP contribution in [0.2, 0.25) is 0 Å². The molecule has 1 heterocycles. The van der Waals surface area contributed by atoms with E-state index >= 15 is 0 Å². The molecule has 0 spiro atoms. The van der Waals surface area contributed by atoms with Gasteiger partial charge < -0.3 is 9.84 Å². The van der Waals surface area contributed by atoms with Gasteiger partial charge in [-0.05, 0) is 11.6 Å². The van der Waals surface area contributed by atoms with Crippen LogP contribution in [-0.4, -0.2) is 22.6 Å². The molecule has 0 radical (unpaired) electrons. The number of epoxide rings is 1. The Morgan fingerprint density at radius 1 is 1.29 bits per heavy atom. The molecule has 3 heteroatoms. The summed E-state index contributed by atoms with van der Waals surface area (Å²) in [6.07, 6.45) is 5.83. The SMILES string of the molecule is O=C(C(O)c1ccccc1)C12C=CC=CC1O2. The van der Waals surface area contributed by atoms with E-state index in [-0.39, 0.29) is 11.9 Å². The van der Waals surface area contributed by atoms with E-state index in [1.807, 2.05) is 18.2 Å². The number of hydrogen-bond donors (Lipinski definition) is 1. The fourth-order valence-corrected chi connectivity index (χ4v) is 2.14. The van der Waals surface area contributed by atoms with Crippen LogP contribution in [0.1, 0.15) is 11.7 Å². The molecule has 1 aliphatic heterocycles. The Labute approximate surface area is 99.0 Å². The first kappa shape index (κ1) is 10.4. The number of hydrogen-bond acceptors (Lipinski definition) is 3. The number of allylic oxidation sites excluding steroid dienone is 2. The third kappa shape index (κ3) is 1.55. The summed E-state index contributed by atoms with van der Waals surface area (Å²) in [6, 6.07) is 8.91. The van der Waals surface area contributed by atoms with Gasteiger partial charge in [0, 0.05) is 0 Å². The maximum atomic E-state index is 12.2. The van der Waals surface area contributed by atoms with E-state index in [1.54, 1.807) is 36.4 Å². The van der Waals surface area contributed by atoms with Crippen LogP contribution in [0.4, 0.5) is 0 Å². The molecule has 1 N–H and O–H groups in total. The summed E-state index contributed by atoms with van der Waals surface area (Å²) in [7, 11) is 0. The third-order valence-corrected chi connectivity index (χ3v) is 3.18. The number of ketones is 1. The predicted octanol–water partition coefficient (Wildman–Crippen LogP) is 1.55. The van der Waals surface area contributed by atoms with E-state index in [2.05, 4.69) is 0 Å². The minimum absolute atomic E-state index is 0.210. The van der Waals surface area contributed by atoms with Gasteiger partial charge in [0.15, 0.2) is 5.60 Å². The molecule has 3 nitrogen and oxygen atoms in total. The van der Waals surface area contributed by atoms with Gasteiger partial charge in [0.25, 0.3) is 0 Å². The van der Waals surface area contributed by atoms with Gasteiger partial charge >= 0.3 is 0 Å². The molecular formula is C14H12O3. The summed E-state index contributed by atoms with van der Waals surface area (Å²) in [5.74, 6) is -0.297. The van der Waals surface area contributed by atoms with Crippen LogP contribution in [0.3, 0.4) is 0 Å². The van der Waals surface area contributed by atoms with Gasteiger partial charge in [-0.15, -0.1) is 0 Å². The zero-order valence-corrected chi connectivity index (χ0v) is 9.11. The largest absolute Gasteiger partial charge is 0.380 e. The molecule has 86 valence electrons. The van der Waals surface area contributed by atoms with Crippen molar-refractivity contribution in [3.63, 3.8) is 0 Å². The number of aliphatic hydroxyl groups is 1. The Bertz CT molecular complexity index is 503. The number of carbonyl (C=O) groups excluding carboxylic acids is 1. The molecule has 1 saturated heterocycles. The van der Waals surface area contributed by atoms with E-state index in [0.717, 1.165) is 0 Å². The van der Waals surface area contributed by atoms with Crippen molar-refractivity contribution in [1.29, 1.82) is 0 Å². The molecule has 0 bridgehead atoms. The first-order valence-corrected chi connectivity index (χ1v) is 5.55. The Hall–Kier alpha value is -1.71. The van der Waals surface area contributed by atoms with Gasteiger partial charge in [-0.25, -0.2) is 0 Å². The van der Waals surface area contributed by atoms with E-state index in [9.17, 15) is 9.90 Å². The first-order chi connectivity index (χ1) is 8.24. The second kappa shape index (κ2) is 3.65. The van der Waals surface area contributed by atoms with Crippen molar-refractivity contribution in [2.45, 2.75) is 17.8 Å². The van der Waals surface area contributed by atoms with Crippen molar-refractivity contribution in [3.05, 3.63) is 60.2 Å². The molecule has 0 saturated carbocycles. The van der Waals surface area contributed by atoms with Crippen molar-refractivity contribution in [1.82, 2.24) is 0 Å². The Balaban J connectivity index is 1.85. The molecule has 2 aliphatic rings. The summed E-state index contributed by atoms with van der Waals surface area (Å²) in [6.45, 7) is 0. The van der Waals surface area contributed by atoms with Crippen LogP contribution in [-0.2, 0) is 9.53 Å². The van der Waals surface area contributed by atoms with Crippen molar-refractivity contribution in [2.75, 3.05) is 0 Å². The van der Waals surface area contributed by atoms with Gasteiger partial charge in [0.1, 0.15) is 12.2 Å². The quantitative estimate of drug-likeness (QED) is 0.798. The van der Waals surface area contributed by atoms with Crippen LogP contribution >= 0.6 is 0 Å². The van der Waals surface area contributed by atoms with Gasteiger partial charge in [0.2, 0.25) is 5.78 Å². The molecule has 0 amide bonds. The van der Waals surface area contributed by atoms with E-state index in [0.29, 0.717) is 5.56 Å². The fraction of sp³-hybridized carbons (Fsp3) is 0.214. The summed E-state index contributed by atoms with van der Waals surface area (Å²) in [4.78, 5) is 12.2. The molecule has 17 heavy (non-hydrogen) atoms. The summed E-state index contributed by atoms with van der Waals surface area (Å²) >= 11 is 0. The lowest BCUT2D eigenvalue weighted by Gasteiger charge is -2.14. The van der Waals surface area contributed by atoms with E-state index in [1.165, 1.54) is 0 Å². The molecule has 3 unspecified atom stereocenters. The topological polar surface area (TPSA) is 49.8 Å². The second-order valence-electron chi connectivity index (χ2n) is 4.25. The molecule has 1 aromatic carbocycles. The highest BCUT2D eigenvalue weighted by Crippen LogP contribution is 2.44. The normalized spacial score (nSPS) is 30.8. The monoisotopic (exact) mass is 228 g/mol. The van der Waals surface area contributed by atoms with Crippen LogP contribution in [0.25, 0.3) is 0 Å². The van der Waals surface area contributed by atoms with Gasteiger partial charge in [-0.3, -0.25) is 4.79 Å². The zero-order valence-electron chi connectivity index (χ0n) is 9.11. The van der Waals surface area contributed by atoms with Crippen LogP contribution in [0.5, 0.6) is 0 Å². The number of rotatable bonds is 3. The van der Waals surface area contributed by atoms with Crippen LogP contribution < -0.4 is 0 Å². The van der Waals surface area contributed by atoms with Crippen molar-refractivity contribution in [3.8, 4) is 0 Å². The molecule has 3 atom stereocenters. The van der Waals surface area contributed by atoms with Crippen molar-refractivity contribution >= 4 is 5.78 Å². The van der Waals surface area contributed by atoms with Crippen molar-refractivity contribution < 1.29 is 14.6 Å². The van der Waals surface area contributed by atoms with Gasteiger partial charge in [0.05, 0.1) is 0 Å².